The minimum absolute atomic E-state index is 0.0484. The third-order valence-corrected chi connectivity index (χ3v) is 3.91. The number of nitrogens with one attached hydrogen (secondary N) is 1. The summed E-state index contributed by atoms with van der Waals surface area (Å²) in [4.78, 5) is 17.5. The molecule has 0 aliphatic rings. The summed E-state index contributed by atoms with van der Waals surface area (Å²) in [5.41, 5.74) is 1.80. The van der Waals surface area contributed by atoms with Crippen molar-refractivity contribution in [2.24, 2.45) is 0 Å². The Hall–Kier alpha value is -1.88. The Labute approximate surface area is 116 Å². The first-order valence-corrected chi connectivity index (χ1v) is 6.82. The topological polar surface area (TPSA) is 62.2 Å². The van der Waals surface area contributed by atoms with Crippen LogP contribution in [0.2, 0.25) is 0 Å². The Bertz CT molecular complexity index is 607. The van der Waals surface area contributed by atoms with E-state index < -0.39 is 5.97 Å². The molecule has 0 aliphatic carbocycles. The lowest BCUT2D eigenvalue weighted by Gasteiger charge is -2.16. The zero-order chi connectivity index (χ0) is 14.0. The number of hydrogen-bond donors (Lipinski definition) is 2. The van der Waals surface area contributed by atoms with Gasteiger partial charge in [-0.05, 0) is 44.5 Å². The number of carboxylic acids is 1. The van der Waals surface area contributed by atoms with Gasteiger partial charge in [-0.3, -0.25) is 0 Å². The van der Waals surface area contributed by atoms with Crippen LogP contribution in [0.15, 0.2) is 24.4 Å². The van der Waals surface area contributed by atoms with Crippen LogP contribution in [0, 0.1) is 13.8 Å². The van der Waals surface area contributed by atoms with Crippen molar-refractivity contribution >= 4 is 23.0 Å². The normalized spacial score (nSPS) is 12.2. The van der Waals surface area contributed by atoms with Crippen LogP contribution >= 0.6 is 11.3 Å². The molecule has 2 aromatic rings. The van der Waals surface area contributed by atoms with E-state index in [2.05, 4.69) is 30.2 Å². The number of anilines is 1. The van der Waals surface area contributed by atoms with Crippen molar-refractivity contribution < 1.29 is 9.90 Å². The highest BCUT2D eigenvalue weighted by molar-refractivity contribution is 7.12. The molecule has 4 nitrogen and oxygen atoms in total. The predicted octanol–water partition coefficient (Wildman–Crippen LogP) is 3.63. The number of rotatable bonds is 4. The second kappa shape index (κ2) is 5.40. The highest BCUT2D eigenvalue weighted by Gasteiger charge is 2.15. The van der Waals surface area contributed by atoms with Crippen LogP contribution in [0.1, 0.15) is 38.8 Å². The summed E-state index contributed by atoms with van der Waals surface area (Å²) in [6, 6.07) is 5.65. The Morgan fingerprint density at radius 2 is 2.21 bits per heavy atom. The molecular formula is C14H16N2O2S. The standard InChI is InChI=1S/C14H16N2O2S/c1-8-7-11(10(3)19-8)9(2)16-12-5-4-6-15-13(12)14(17)18/h4-7,9,16H,1-3H3,(H,17,18). The summed E-state index contributed by atoms with van der Waals surface area (Å²) >= 11 is 1.75. The Morgan fingerprint density at radius 1 is 1.47 bits per heavy atom. The monoisotopic (exact) mass is 276 g/mol. The summed E-state index contributed by atoms with van der Waals surface area (Å²) < 4.78 is 0. The van der Waals surface area contributed by atoms with Gasteiger partial charge in [0, 0.05) is 22.0 Å². The number of carboxylic acid groups (broad SMARTS) is 1. The van der Waals surface area contributed by atoms with Crippen molar-refractivity contribution in [1.82, 2.24) is 4.98 Å². The van der Waals surface area contributed by atoms with E-state index in [0.717, 1.165) is 0 Å². The zero-order valence-corrected chi connectivity index (χ0v) is 11.9. The van der Waals surface area contributed by atoms with Gasteiger partial charge < -0.3 is 10.4 Å². The average Bonchev–Trinajstić information content (AvgIpc) is 2.69. The maximum Gasteiger partial charge on any atom is 0.356 e. The number of aromatic nitrogens is 1. The molecule has 0 aromatic carbocycles. The predicted molar refractivity (Wildman–Crippen MR) is 77.0 cm³/mol. The van der Waals surface area contributed by atoms with Crippen LogP contribution < -0.4 is 5.32 Å². The van der Waals surface area contributed by atoms with Crippen LogP contribution in [0.3, 0.4) is 0 Å². The van der Waals surface area contributed by atoms with E-state index in [1.165, 1.54) is 21.5 Å². The van der Waals surface area contributed by atoms with E-state index in [9.17, 15) is 4.79 Å². The molecule has 0 radical (unpaired) electrons. The van der Waals surface area contributed by atoms with Crippen LogP contribution in [-0.4, -0.2) is 16.1 Å². The van der Waals surface area contributed by atoms with Crippen LogP contribution in [0.25, 0.3) is 0 Å². The smallest absolute Gasteiger partial charge is 0.356 e. The number of thiophene rings is 1. The van der Waals surface area contributed by atoms with Gasteiger partial charge in [0.25, 0.3) is 0 Å². The number of carbonyl (C=O) groups is 1. The second-order valence-corrected chi connectivity index (χ2v) is 5.90. The first-order chi connectivity index (χ1) is 8.99. The lowest BCUT2D eigenvalue weighted by atomic mass is 10.1. The Kier molecular flexibility index (Phi) is 3.85. The van der Waals surface area contributed by atoms with E-state index in [1.54, 1.807) is 23.5 Å². The van der Waals surface area contributed by atoms with Gasteiger partial charge in [-0.1, -0.05) is 0 Å². The maximum absolute atomic E-state index is 11.1. The molecule has 0 amide bonds. The number of hydrogen-bond acceptors (Lipinski definition) is 4. The molecule has 0 spiro atoms. The molecule has 1 unspecified atom stereocenters. The van der Waals surface area contributed by atoms with Crippen molar-refractivity contribution in [1.29, 1.82) is 0 Å². The molecule has 19 heavy (non-hydrogen) atoms. The largest absolute Gasteiger partial charge is 0.476 e. The molecule has 0 aliphatic heterocycles. The van der Waals surface area contributed by atoms with Gasteiger partial charge in [0.2, 0.25) is 0 Å². The van der Waals surface area contributed by atoms with E-state index in [4.69, 9.17) is 5.11 Å². The van der Waals surface area contributed by atoms with Crippen molar-refractivity contribution in [3.63, 3.8) is 0 Å². The fourth-order valence-electron chi connectivity index (χ4n) is 2.08. The summed E-state index contributed by atoms with van der Waals surface area (Å²) in [6.45, 7) is 6.17. The molecule has 100 valence electrons. The molecular weight excluding hydrogens is 260 g/mol. The molecule has 1 atom stereocenters. The third kappa shape index (κ3) is 2.93. The second-order valence-electron chi connectivity index (χ2n) is 4.44. The molecule has 0 saturated carbocycles. The SMILES string of the molecule is Cc1cc(C(C)Nc2cccnc2C(=O)O)c(C)s1. The maximum atomic E-state index is 11.1. The average molecular weight is 276 g/mol. The van der Waals surface area contributed by atoms with Gasteiger partial charge in [0.1, 0.15) is 0 Å². The number of pyridine rings is 1. The quantitative estimate of drug-likeness (QED) is 0.895. The van der Waals surface area contributed by atoms with Gasteiger partial charge in [-0.25, -0.2) is 9.78 Å². The van der Waals surface area contributed by atoms with E-state index in [1.807, 2.05) is 6.92 Å². The number of nitrogens with zero attached hydrogens (tertiary/aromatic N) is 1. The molecule has 2 N–H and O–H groups in total. The van der Waals surface area contributed by atoms with Gasteiger partial charge in [-0.2, -0.15) is 0 Å². The summed E-state index contributed by atoms with van der Waals surface area (Å²) in [6.07, 6.45) is 1.49. The fourth-order valence-corrected chi connectivity index (χ4v) is 3.11. The minimum atomic E-state index is -1.02. The zero-order valence-electron chi connectivity index (χ0n) is 11.1. The van der Waals surface area contributed by atoms with Crippen LogP contribution in [0.5, 0.6) is 0 Å². The fraction of sp³-hybridized carbons (Fsp3) is 0.286. The molecule has 2 aromatic heterocycles. The molecule has 0 fully saturated rings. The first-order valence-electron chi connectivity index (χ1n) is 6.01. The minimum Gasteiger partial charge on any atom is -0.476 e. The lowest BCUT2D eigenvalue weighted by molar-refractivity contribution is 0.0691. The van der Waals surface area contributed by atoms with Gasteiger partial charge in [-0.15, -0.1) is 11.3 Å². The number of aryl methyl sites for hydroxylation is 2. The van der Waals surface area contributed by atoms with Gasteiger partial charge in [0.15, 0.2) is 5.69 Å². The van der Waals surface area contributed by atoms with E-state index in [0.29, 0.717) is 5.69 Å². The van der Waals surface area contributed by atoms with Crippen molar-refractivity contribution in [3.8, 4) is 0 Å². The van der Waals surface area contributed by atoms with Crippen molar-refractivity contribution in [2.75, 3.05) is 5.32 Å². The van der Waals surface area contributed by atoms with Gasteiger partial charge in [0.05, 0.1) is 5.69 Å². The summed E-state index contributed by atoms with van der Waals surface area (Å²) in [5.74, 6) is -1.02. The molecule has 5 heteroatoms. The molecule has 2 heterocycles. The summed E-state index contributed by atoms with van der Waals surface area (Å²) in [7, 11) is 0. The van der Waals surface area contributed by atoms with Crippen molar-refractivity contribution in [3.05, 3.63) is 45.4 Å². The number of aromatic carboxylic acids is 1. The van der Waals surface area contributed by atoms with Gasteiger partial charge >= 0.3 is 5.97 Å². The van der Waals surface area contributed by atoms with Crippen molar-refractivity contribution in [2.45, 2.75) is 26.8 Å². The Morgan fingerprint density at radius 3 is 2.79 bits per heavy atom. The molecule has 0 saturated heterocycles. The van der Waals surface area contributed by atoms with Crippen LogP contribution in [-0.2, 0) is 0 Å². The lowest BCUT2D eigenvalue weighted by Crippen LogP contribution is -2.12. The highest BCUT2D eigenvalue weighted by Crippen LogP contribution is 2.29. The summed E-state index contributed by atoms with van der Waals surface area (Å²) in [5, 5.41) is 12.3. The van der Waals surface area contributed by atoms with Crippen LogP contribution in [0.4, 0.5) is 5.69 Å². The highest BCUT2D eigenvalue weighted by atomic mass is 32.1. The molecule has 0 bridgehead atoms. The van der Waals surface area contributed by atoms with E-state index in [-0.39, 0.29) is 11.7 Å². The molecule has 2 rings (SSSR count). The Balaban J connectivity index is 2.26. The van der Waals surface area contributed by atoms with E-state index >= 15 is 0 Å². The first kappa shape index (κ1) is 13.5. The third-order valence-electron chi connectivity index (χ3n) is 2.93.